The molecular formula is C15H14FN3O. The van der Waals surface area contributed by atoms with Crippen molar-refractivity contribution in [2.24, 2.45) is 0 Å². The molecule has 0 amide bonds. The van der Waals surface area contributed by atoms with Gasteiger partial charge in [0, 0.05) is 6.42 Å². The van der Waals surface area contributed by atoms with E-state index in [2.05, 4.69) is 9.97 Å². The van der Waals surface area contributed by atoms with Crippen molar-refractivity contribution in [1.29, 1.82) is 0 Å². The number of hydrogen-bond donors (Lipinski definition) is 1. The van der Waals surface area contributed by atoms with Gasteiger partial charge in [-0.15, -0.1) is 0 Å². The minimum atomic E-state index is -0.279. The van der Waals surface area contributed by atoms with Crippen LogP contribution in [0.5, 0.6) is 0 Å². The van der Waals surface area contributed by atoms with Gasteiger partial charge in [-0.3, -0.25) is 4.79 Å². The Hall–Kier alpha value is -2.30. The average Bonchev–Trinajstić information content (AvgIpc) is 2.38. The largest absolute Gasteiger partial charge is 0.368 e. The van der Waals surface area contributed by atoms with Crippen LogP contribution in [-0.4, -0.2) is 15.8 Å². The predicted octanol–water partition coefficient (Wildman–Crippen LogP) is 2.42. The number of nitrogen functional groups attached to an aromatic ring is 1. The SMILES string of the molecule is Cc1nc(N)nc2c1C(=O)C[C@H](c1ccc(F)cc1)C2. The number of aryl methyl sites for hydroxylation is 1. The van der Waals surface area contributed by atoms with Crippen LogP contribution >= 0.6 is 0 Å². The second-order valence-corrected chi connectivity index (χ2v) is 5.07. The van der Waals surface area contributed by atoms with Gasteiger partial charge < -0.3 is 5.73 Å². The summed E-state index contributed by atoms with van der Waals surface area (Å²) in [5, 5.41) is 0. The number of ketones is 1. The molecule has 0 radical (unpaired) electrons. The molecule has 1 atom stereocenters. The van der Waals surface area contributed by atoms with Gasteiger partial charge in [-0.2, -0.15) is 0 Å². The van der Waals surface area contributed by atoms with E-state index in [0.717, 1.165) is 5.56 Å². The summed E-state index contributed by atoms with van der Waals surface area (Å²) in [6.07, 6.45) is 1.02. The first-order valence-corrected chi connectivity index (χ1v) is 6.46. The van der Waals surface area contributed by atoms with E-state index in [1.165, 1.54) is 12.1 Å². The third-order valence-electron chi connectivity index (χ3n) is 3.67. The van der Waals surface area contributed by atoms with Crippen LogP contribution in [0.3, 0.4) is 0 Å². The molecule has 0 unspecified atom stereocenters. The second kappa shape index (κ2) is 4.67. The monoisotopic (exact) mass is 271 g/mol. The number of Topliss-reactive ketones (excluding diaryl/α,β-unsaturated/α-hetero) is 1. The maximum absolute atomic E-state index is 13.0. The lowest BCUT2D eigenvalue weighted by molar-refractivity contribution is 0.0962. The zero-order chi connectivity index (χ0) is 14.3. The van der Waals surface area contributed by atoms with Crippen molar-refractivity contribution in [3.63, 3.8) is 0 Å². The number of fused-ring (bicyclic) bond motifs is 1. The standard InChI is InChI=1S/C15H14FN3O/c1-8-14-12(19-15(17)18-8)6-10(7-13(14)20)9-2-4-11(16)5-3-9/h2-5,10H,6-7H2,1H3,(H2,17,18,19)/t10-/m1/s1. The number of hydrogen-bond acceptors (Lipinski definition) is 4. The molecule has 0 spiro atoms. The van der Waals surface area contributed by atoms with E-state index in [9.17, 15) is 9.18 Å². The summed E-state index contributed by atoms with van der Waals surface area (Å²) < 4.78 is 13.0. The van der Waals surface area contributed by atoms with Gasteiger partial charge in [0.15, 0.2) is 5.78 Å². The Bertz CT molecular complexity index is 682. The van der Waals surface area contributed by atoms with Crippen molar-refractivity contribution in [2.45, 2.75) is 25.7 Å². The zero-order valence-electron chi connectivity index (χ0n) is 11.1. The number of anilines is 1. The molecular weight excluding hydrogens is 257 g/mol. The highest BCUT2D eigenvalue weighted by molar-refractivity contribution is 5.99. The molecule has 0 bridgehead atoms. The average molecular weight is 271 g/mol. The molecule has 0 saturated heterocycles. The van der Waals surface area contributed by atoms with Crippen molar-refractivity contribution in [1.82, 2.24) is 9.97 Å². The fourth-order valence-electron chi connectivity index (χ4n) is 2.77. The van der Waals surface area contributed by atoms with Crippen LogP contribution in [0.15, 0.2) is 24.3 Å². The molecule has 4 nitrogen and oxygen atoms in total. The van der Waals surface area contributed by atoms with Crippen LogP contribution in [0.4, 0.5) is 10.3 Å². The molecule has 1 aliphatic carbocycles. The fraction of sp³-hybridized carbons (Fsp3) is 0.267. The van der Waals surface area contributed by atoms with Gasteiger partial charge in [-0.1, -0.05) is 12.1 Å². The Balaban J connectivity index is 2.00. The molecule has 3 rings (SSSR count). The van der Waals surface area contributed by atoms with E-state index in [-0.39, 0.29) is 23.5 Å². The molecule has 102 valence electrons. The Labute approximate surface area is 115 Å². The van der Waals surface area contributed by atoms with Crippen molar-refractivity contribution in [3.05, 3.63) is 52.6 Å². The first-order valence-electron chi connectivity index (χ1n) is 6.46. The summed E-state index contributed by atoms with van der Waals surface area (Å²) in [5.74, 6) is -0.0464. The van der Waals surface area contributed by atoms with Crippen molar-refractivity contribution in [2.75, 3.05) is 5.73 Å². The van der Waals surface area contributed by atoms with Crippen LogP contribution in [0.25, 0.3) is 0 Å². The first kappa shape index (κ1) is 12.7. The predicted molar refractivity (Wildman–Crippen MR) is 73.0 cm³/mol. The van der Waals surface area contributed by atoms with Crippen LogP contribution in [-0.2, 0) is 6.42 Å². The van der Waals surface area contributed by atoms with Crippen LogP contribution < -0.4 is 5.73 Å². The van der Waals surface area contributed by atoms with Crippen LogP contribution in [0.1, 0.15) is 39.6 Å². The Morgan fingerprint density at radius 2 is 1.90 bits per heavy atom. The molecule has 0 fully saturated rings. The zero-order valence-corrected chi connectivity index (χ0v) is 11.1. The molecule has 0 aliphatic heterocycles. The van der Waals surface area contributed by atoms with E-state index in [1.54, 1.807) is 19.1 Å². The number of benzene rings is 1. The number of halogens is 1. The smallest absolute Gasteiger partial charge is 0.220 e. The molecule has 5 heteroatoms. The molecule has 2 aromatic rings. The van der Waals surface area contributed by atoms with Crippen LogP contribution in [0, 0.1) is 12.7 Å². The van der Waals surface area contributed by atoms with Gasteiger partial charge >= 0.3 is 0 Å². The minimum absolute atomic E-state index is 0.0179. The molecule has 1 aromatic carbocycles. The third kappa shape index (κ3) is 2.15. The molecule has 0 saturated carbocycles. The normalized spacial score (nSPS) is 17.9. The van der Waals surface area contributed by atoms with Gasteiger partial charge in [0.05, 0.1) is 17.0 Å². The maximum Gasteiger partial charge on any atom is 0.220 e. The van der Waals surface area contributed by atoms with Crippen molar-refractivity contribution >= 4 is 11.7 Å². The summed E-state index contributed by atoms with van der Waals surface area (Å²) in [4.78, 5) is 20.5. The first-order chi connectivity index (χ1) is 9.54. The molecule has 1 aliphatic rings. The summed E-state index contributed by atoms with van der Waals surface area (Å²) in [5.41, 5.74) is 8.52. The quantitative estimate of drug-likeness (QED) is 0.864. The lowest BCUT2D eigenvalue weighted by Crippen LogP contribution is -2.22. The lowest BCUT2D eigenvalue weighted by Gasteiger charge is -2.24. The number of aromatic nitrogens is 2. The highest BCUT2D eigenvalue weighted by atomic mass is 19.1. The maximum atomic E-state index is 13.0. The number of rotatable bonds is 1. The molecule has 1 aromatic heterocycles. The summed E-state index contributed by atoms with van der Waals surface area (Å²) in [6, 6.07) is 6.26. The summed E-state index contributed by atoms with van der Waals surface area (Å²) in [7, 11) is 0. The van der Waals surface area contributed by atoms with Gasteiger partial charge in [0.25, 0.3) is 0 Å². The third-order valence-corrected chi connectivity index (χ3v) is 3.67. The minimum Gasteiger partial charge on any atom is -0.368 e. The molecule has 1 heterocycles. The number of carbonyl (C=O) groups excluding carboxylic acids is 1. The second-order valence-electron chi connectivity index (χ2n) is 5.07. The number of nitrogens with two attached hydrogens (primary N) is 1. The highest BCUT2D eigenvalue weighted by Gasteiger charge is 2.29. The van der Waals surface area contributed by atoms with Crippen molar-refractivity contribution in [3.8, 4) is 0 Å². The Kier molecular flexibility index (Phi) is 2.97. The van der Waals surface area contributed by atoms with E-state index in [1.807, 2.05) is 0 Å². The summed E-state index contributed by atoms with van der Waals surface area (Å²) >= 11 is 0. The Morgan fingerprint density at radius 1 is 1.20 bits per heavy atom. The van der Waals surface area contributed by atoms with Crippen LogP contribution in [0.2, 0.25) is 0 Å². The lowest BCUT2D eigenvalue weighted by atomic mass is 9.81. The van der Waals surface area contributed by atoms with Crippen molar-refractivity contribution < 1.29 is 9.18 Å². The van der Waals surface area contributed by atoms with Gasteiger partial charge in [-0.05, 0) is 37.0 Å². The van der Waals surface area contributed by atoms with E-state index in [4.69, 9.17) is 5.73 Å². The van der Waals surface area contributed by atoms with E-state index in [0.29, 0.717) is 29.8 Å². The summed E-state index contributed by atoms with van der Waals surface area (Å²) in [6.45, 7) is 1.77. The molecule has 2 N–H and O–H groups in total. The highest BCUT2D eigenvalue weighted by Crippen LogP contribution is 2.33. The van der Waals surface area contributed by atoms with Gasteiger partial charge in [-0.25, -0.2) is 14.4 Å². The topological polar surface area (TPSA) is 68.9 Å². The molecule has 20 heavy (non-hydrogen) atoms. The fourth-order valence-corrected chi connectivity index (χ4v) is 2.77. The van der Waals surface area contributed by atoms with E-state index < -0.39 is 0 Å². The van der Waals surface area contributed by atoms with Gasteiger partial charge in [0.1, 0.15) is 5.82 Å². The van der Waals surface area contributed by atoms with E-state index >= 15 is 0 Å². The number of carbonyl (C=O) groups is 1. The Morgan fingerprint density at radius 3 is 2.60 bits per heavy atom. The van der Waals surface area contributed by atoms with Gasteiger partial charge in [0.2, 0.25) is 5.95 Å². The number of nitrogens with zero attached hydrogens (tertiary/aromatic N) is 2.